The van der Waals surface area contributed by atoms with Crippen molar-refractivity contribution in [3.8, 4) is 0 Å². The van der Waals surface area contributed by atoms with Crippen molar-refractivity contribution in [1.82, 2.24) is 4.31 Å². The topological polar surface area (TPSA) is 114 Å². The van der Waals surface area contributed by atoms with Crippen LogP contribution in [0.1, 0.15) is 10.4 Å². The first-order valence-corrected chi connectivity index (χ1v) is 10.4. The van der Waals surface area contributed by atoms with Crippen molar-refractivity contribution in [1.29, 1.82) is 0 Å². The van der Waals surface area contributed by atoms with Gasteiger partial charge in [-0.3, -0.25) is 15.5 Å². The average Bonchev–Trinajstić information content (AvgIpc) is 3.07. The van der Waals surface area contributed by atoms with Gasteiger partial charge < -0.3 is 4.74 Å². The van der Waals surface area contributed by atoms with E-state index in [0.29, 0.717) is 0 Å². The minimum Gasteiger partial charge on any atom is -0.379 e. The minimum atomic E-state index is -3.93. The Balaban J connectivity index is 1.94. The van der Waals surface area contributed by atoms with Crippen LogP contribution >= 0.6 is 11.3 Å². The second-order valence-electron chi connectivity index (χ2n) is 5.79. The van der Waals surface area contributed by atoms with E-state index in [9.17, 15) is 18.5 Å². The standard InChI is InChI=1S/C16H18N4O5S2/c1-12-4-9-26-15(12)11-17-18-14-3-2-13(20(21)22)10-16(14)27(23,24)19-5-7-25-8-6-19/h2-4,9-11,18H,5-8H2,1H3/b17-11-. The molecule has 11 heteroatoms. The van der Waals surface area contributed by atoms with Gasteiger partial charge in [0.1, 0.15) is 4.90 Å². The summed E-state index contributed by atoms with van der Waals surface area (Å²) in [5.41, 5.74) is 3.64. The van der Waals surface area contributed by atoms with Crippen LogP contribution in [0, 0.1) is 17.0 Å². The molecular formula is C16H18N4O5S2. The minimum absolute atomic E-state index is 0.178. The van der Waals surface area contributed by atoms with Gasteiger partial charge in [0.25, 0.3) is 5.69 Å². The molecule has 3 rings (SSSR count). The van der Waals surface area contributed by atoms with Crippen molar-refractivity contribution in [3.63, 3.8) is 0 Å². The Morgan fingerprint density at radius 1 is 1.33 bits per heavy atom. The van der Waals surface area contributed by atoms with E-state index in [0.717, 1.165) is 16.5 Å². The lowest BCUT2D eigenvalue weighted by Gasteiger charge is -2.26. The number of anilines is 1. The SMILES string of the molecule is Cc1ccsc1/C=N\Nc1ccc([N+](=O)[O-])cc1S(=O)(=O)N1CCOCC1. The van der Waals surface area contributed by atoms with E-state index in [1.54, 1.807) is 6.21 Å². The van der Waals surface area contributed by atoms with E-state index >= 15 is 0 Å². The molecule has 1 aliphatic rings. The molecule has 144 valence electrons. The number of hydrazone groups is 1. The van der Waals surface area contributed by atoms with Crippen molar-refractivity contribution in [2.45, 2.75) is 11.8 Å². The van der Waals surface area contributed by atoms with Gasteiger partial charge in [-0.25, -0.2) is 8.42 Å². The summed E-state index contributed by atoms with van der Waals surface area (Å²) in [6, 6.07) is 5.60. The zero-order valence-electron chi connectivity index (χ0n) is 14.5. The normalized spacial score (nSPS) is 15.9. The molecule has 0 atom stereocenters. The van der Waals surface area contributed by atoms with Crippen LogP contribution in [-0.4, -0.2) is 50.2 Å². The Kier molecular flexibility index (Phi) is 5.85. The van der Waals surface area contributed by atoms with Crippen LogP contribution in [0.25, 0.3) is 0 Å². The second-order valence-corrected chi connectivity index (χ2v) is 8.65. The molecule has 0 bridgehead atoms. The number of sulfonamides is 1. The fourth-order valence-corrected chi connectivity index (χ4v) is 4.89. The Bertz CT molecular complexity index is 965. The Labute approximate surface area is 160 Å². The fourth-order valence-electron chi connectivity index (χ4n) is 2.53. The van der Waals surface area contributed by atoms with Crippen LogP contribution in [0.4, 0.5) is 11.4 Å². The van der Waals surface area contributed by atoms with Crippen LogP contribution in [0.5, 0.6) is 0 Å². The highest BCUT2D eigenvalue weighted by Gasteiger charge is 2.30. The van der Waals surface area contributed by atoms with Crippen LogP contribution in [-0.2, 0) is 14.8 Å². The number of nitro benzene ring substituents is 1. The van der Waals surface area contributed by atoms with E-state index < -0.39 is 14.9 Å². The van der Waals surface area contributed by atoms with E-state index in [2.05, 4.69) is 10.5 Å². The van der Waals surface area contributed by atoms with Crippen molar-refractivity contribution in [2.24, 2.45) is 5.10 Å². The monoisotopic (exact) mass is 410 g/mol. The number of morpholine rings is 1. The van der Waals surface area contributed by atoms with Crippen molar-refractivity contribution < 1.29 is 18.1 Å². The molecule has 0 radical (unpaired) electrons. The molecule has 2 heterocycles. The first kappa shape index (κ1) is 19.4. The zero-order valence-corrected chi connectivity index (χ0v) is 16.1. The molecule has 0 amide bonds. The lowest BCUT2D eigenvalue weighted by molar-refractivity contribution is -0.385. The third-order valence-corrected chi connectivity index (χ3v) is 6.92. The van der Waals surface area contributed by atoms with Crippen molar-refractivity contribution in [2.75, 3.05) is 31.7 Å². The summed E-state index contributed by atoms with van der Waals surface area (Å²) in [6.45, 7) is 2.90. The van der Waals surface area contributed by atoms with Gasteiger partial charge in [0.05, 0.1) is 30.0 Å². The highest BCUT2D eigenvalue weighted by atomic mass is 32.2. The molecule has 1 saturated heterocycles. The lowest BCUT2D eigenvalue weighted by Crippen LogP contribution is -2.40. The van der Waals surface area contributed by atoms with E-state index in [1.165, 1.54) is 27.8 Å². The van der Waals surface area contributed by atoms with Crippen molar-refractivity contribution >= 4 is 38.9 Å². The smallest absolute Gasteiger partial charge is 0.270 e. The zero-order chi connectivity index (χ0) is 19.4. The highest BCUT2D eigenvalue weighted by molar-refractivity contribution is 7.89. The maximum atomic E-state index is 13.0. The maximum absolute atomic E-state index is 13.0. The molecule has 0 unspecified atom stereocenters. The Hall–Kier alpha value is -2.34. The molecule has 9 nitrogen and oxygen atoms in total. The summed E-state index contributed by atoms with van der Waals surface area (Å²) >= 11 is 1.50. The molecular weight excluding hydrogens is 392 g/mol. The molecule has 2 aromatic rings. The predicted molar refractivity (Wildman–Crippen MR) is 103 cm³/mol. The molecule has 1 N–H and O–H groups in total. The molecule has 0 saturated carbocycles. The van der Waals surface area contributed by atoms with Gasteiger partial charge in [-0.05, 0) is 30.0 Å². The number of benzene rings is 1. The van der Waals surface area contributed by atoms with E-state index in [4.69, 9.17) is 4.74 Å². The number of rotatable bonds is 6. The molecule has 0 spiro atoms. The summed E-state index contributed by atoms with van der Waals surface area (Å²) in [6.07, 6.45) is 1.59. The van der Waals surface area contributed by atoms with Crippen molar-refractivity contribution in [3.05, 3.63) is 50.2 Å². The number of non-ortho nitro benzene ring substituents is 1. The number of nitrogens with zero attached hydrogens (tertiary/aromatic N) is 3. The van der Waals surface area contributed by atoms with Gasteiger partial charge in [0, 0.05) is 30.1 Å². The summed E-state index contributed by atoms with van der Waals surface area (Å²) in [4.78, 5) is 11.2. The quantitative estimate of drug-likeness (QED) is 0.444. The molecule has 0 aliphatic carbocycles. The molecule has 27 heavy (non-hydrogen) atoms. The number of thiophene rings is 1. The first-order valence-electron chi connectivity index (χ1n) is 8.09. The predicted octanol–water partition coefficient (Wildman–Crippen LogP) is 2.43. The molecule has 1 aliphatic heterocycles. The Morgan fingerprint density at radius 3 is 2.70 bits per heavy atom. The molecule has 1 aromatic carbocycles. The van der Waals surface area contributed by atoms with Gasteiger partial charge in [-0.15, -0.1) is 11.3 Å². The third kappa shape index (κ3) is 4.33. The number of nitrogens with one attached hydrogen (secondary N) is 1. The molecule has 1 aromatic heterocycles. The van der Waals surface area contributed by atoms with E-state index in [1.807, 2.05) is 18.4 Å². The number of nitro groups is 1. The summed E-state index contributed by atoms with van der Waals surface area (Å²) in [7, 11) is -3.93. The largest absolute Gasteiger partial charge is 0.379 e. The Morgan fingerprint density at radius 2 is 2.07 bits per heavy atom. The number of aryl methyl sites for hydroxylation is 1. The average molecular weight is 410 g/mol. The first-order chi connectivity index (χ1) is 12.9. The lowest BCUT2D eigenvalue weighted by atomic mass is 10.3. The second kappa shape index (κ2) is 8.13. The van der Waals surface area contributed by atoms with Gasteiger partial charge in [0.15, 0.2) is 0 Å². The number of ether oxygens (including phenoxy) is 1. The van der Waals surface area contributed by atoms with E-state index in [-0.39, 0.29) is 42.6 Å². The number of hydrogen-bond acceptors (Lipinski definition) is 8. The summed E-state index contributed by atoms with van der Waals surface area (Å²) < 4.78 is 32.4. The van der Waals surface area contributed by atoms with Gasteiger partial charge in [0.2, 0.25) is 10.0 Å². The fraction of sp³-hybridized carbons (Fsp3) is 0.312. The van der Waals surface area contributed by atoms with Gasteiger partial charge in [-0.2, -0.15) is 9.41 Å². The van der Waals surface area contributed by atoms with Gasteiger partial charge >= 0.3 is 0 Å². The van der Waals surface area contributed by atoms with Crippen LogP contribution in [0.3, 0.4) is 0 Å². The summed E-state index contributed by atoms with van der Waals surface area (Å²) in [5, 5.41) is 17.1. The number of hydrogen-bond donors (Lipinski definition) is 1. The highest BCUT2D eigenvalue weighted by Crippen LogP contribution is 2.29. The van der Waals surface area contributed by atoms with Crippen LogP contribution in [0.2, 0.25) is 0 Å². The van der Waals surface area contributed by atoms with Gasteiger partial charge in [-0.1, -0.05) is 0 Å². The molecule has 1 fully saturated rings. The van der Waals surface area contributed by atoms with Crippen LogP contribution < -0.4 is 5.43 Å². The third-order valence-electron chi connectivity index (χ3n) is 4.03. The van der Waals surface area contributed by atoms with Crippen LogP contribution in [0.15, 0.2) is 39.6 Å². The summed E-state index contributed by atoms with van der Waals surface area (Å²) in [5.74, 6) is 0. The maximum Gasteiger partial charge on any atom is 0.270 e.